The zero-order valence-electron chi connectivity index (χ0n) is 62.2. The molecule has 0 unspecified atom stereocenters. The summed E-state index contributed by atoms with van der Waals surface area (Å²) >= 11 is 0. The van der Waals surface area contributed by atoms with Crippen molar-refractivity contribution in [2.24, 2.45) is 0 Å². The fourth-order valence-corrected chi connectivity index (χ4v) is 11.3. The van der Waals surface area contributed by atoms with E-state index in [-0.39, 0.29) is 111 Å². The second kappa shape index (κ2) is 37.8. The van der Waals surface area contributed by atoms with Crippen molar-refractivity contribution < 1.29 is 82.1 Å². The van der Waals surface area contributed by atoms with Crippen LogP contribution in [0.2, 0.25) is 0 Å². The zero-order chi connectivity index (χ0) is 74.5. The van der Waals surface area contributed by atoms with Crippen molar-refractivity contribution in [1.82, 2.24) is 55.3 Å². The minimum Gasteiger partial charge on any atom is -0.469 e. The summed E-state index contributed by atoms with van der Waals surface area (Å²) in [7, 11) is 3.00. The standard InChI is InChI=1S/C71H116N12O17/c1-67(2,3)96-57(85)27-25-52(63(91)72-29-20-30-83-41-48-39-47(23-24-49(48)73-54(66(83)94)40-59(87)95-17)65(93)78(16)42-55-74-50-21-18-19-22-51(50)75-55)77-64(92)53(26-28-58(86)97-68(4,5)6)76-56(84)43-79-31-33-80(44-60(88)98-69(7,8)9)35-37-82(46-62(90)100-71(13,14)15)38-36-81(34-32-79)45-61(89)99-70(10,11)12/h18-19,21-24,39,52-54,56,63,65,72-73,76,84,91,93H,20,25-38,40-46H2,1-17H3,(H,74,75)(H,77,92)/t52-,53-,54-,56-,63-,65-/m0/s1. The van der Waals surface area contributed by atoms with Gasteiger partial charge < -0.3 is 64.3 Å². The number of anilines is 1. The van der Waals surface area contributed by atoms with Crippen molar-refractivity contribution in [3.63, 3.8) is 0 Å². The number of methoxy groups -OCH3 is 1. The van der Waals surface area contributed by atoms with Crippen LogP contribution in [-0.4, -0.2) is 267 Å². The monoisotopic (exact) mass is 1410 g/mol. The number of aromatic amines is 1. The molecule has 0 spiro atoms. The van der Waals surface area contributed by atoms with Crippen molar-refractivity contribution in [1.29, 1.82) is 0 Å². The zero-order valence-corrected chi connectivity index (χ0v) is 62.2. The van der Waals surface area contributed by atoms with Crippen molar-refractivity contribution >= 4 is 64.4 Å². The summed E-state index contributed by atoms with van der Waals surface area (Å²) < 4.78 is 33.4. The maximum Gasteiger partial charge on any atom is 0.320 e. The van der Waals surface area contributed by atoms with Gasteiger partial charge in [0.1, 0.15) is 58.6 Å². The first-order valence-electron chi connectivity index (χ1n) is 34.7. The summed E-state index contributed by atoms with van der Waals surface area (Å²) in [4.78, 5) is 128. The van der Waals surface area contributed by atoms with Gasteiger partial charge in [-0.25, -0.2) is 4.98 Å². The number of β-amino-alcohol motifs (C(OH)–C–C–N with tert-alkyl or cyclic N) is 1. The van der Waals surface area contributed by atoms with E-state index in [0.29, 0.717) is 55.4 Å². The number of amides is 2. The molecule has 1 saturated heterocycles. The van der Waals surface area contributed by atoms with Crippen LogP contribution in [0, 0.1) is 0 Å². The Hall–Kier alpha value is -6.93. The van der Waals surface area contributed by atoms with Crippen LogP contribution in [0.4, 0.5) is 5.69 Å². The predicted octanol–water partition coefficient (Wildman–Crippen LogP) is 3.92. The number of hydrogen-bond donors (Lipinski definition) is 8. The van der Waals surface area contributed by atoms with Crippen molar-refractivity contribution in [3.05, 3.63) is 59.4 Å². The molecular weight excluding hydrogens is 1290 g/mol. The van der Waals surface area contributed by atoms with E-state index in [0.717, 1.165) is 11.0 Å². The molecule has 8 N–H and O–H groups in total. The summed E-state index contributed by atoms with van der Waals surface area (Å²) in [5, 5.41) is 48.0. The lowest BCUT2D eigenvalue weighted by Crippen LogP contribution is -2.57. The Morgan fingerprint density at radius 1 is 0.640 bits per heavy atom. The first kappa shape index (κ1) is 83.7. The Kier molecular flexibility index (Phi) is 31.7. The van der Waals surface area contributed by atoms with E-state index in [2.05, 4.69) is 31.2 Å². The molecule has 2 aromatic carbocycles. The van der Waals surface area contributed by atoms with Gasteiger partial charge >= 0.3 is 35.8 Å². The summed E-state index contributed by atoms with van der Waals surface area (Å²) in [6, 6.07) is 9.44. The van der Waals surface area contributed by atoms with E-state index >= 15 is 0 Å². The molecule has 100 heavy (non-hydrogen) atoms. The molecule has 1 fully saturated rings. The van der Waals surface area contributed by atoms with E-state index in [9.17, 15) is 53.7 Å². The van der Waals surface area contributed by atoms with Gasteiger partial charge in [0.05, 0.1) is 62.8 Å². The minimum atomic E-state index is -1.52. The van der Waals surface area contributed by atoms with E-state index in [1.165, 1.54) is 7.11 Å². The van der Waals surface area contributed by atoms with Crippen LogP contribution in [0.1, 0.15) is 166 Å². The number of H-pyrrole nitrogens is 1. The lowest BCUT2D eigenvalue weighted by atomic mass is 10.1. The number of fused-ring (bicyclic) bond motifs is 2. The number of benzene rings is 2. The number of ether oxygens (including phenoxy) is 6. The summed E-state index contributed by atoms with van der Waals surface area (Å²) in [5.41, 5.74) is -0.549. The topological polar surface area (TPSA) is 349 Å². The Morgan fingerprint density at radius 3 is 1.61 bits per heavy atom. The smallest absolute Gasteiger partial charge is 0.320 e. The number of para-hydroxylation sites is 2. The van der Waals surface area contributed by atoms with Gasteiger partial charge in [-0.1, -0.05) is 18.2 Å². The highest BCUT2D eigenvalue weighted by Gasteiger charge is 2.35. The molecular formula is C71H116N12O17. The van der Waals surface area contributed by atoms with Crippen LogP contribution >= 0.6 is 0 Å². The highest BCUT2D eigenvalue weighted by atomic mass is 16.6. The highest BCUT2D eigenvalue weighted by Crippen LogP contribution is 2.30. The first-order valence-corrected chi connectivity index (χ1v) is 34.7. The number of rotatable bonds is 30. The van der Waals surface area contributed by atoms with Crippen molar-refractivity contribution in [2.45, 2.75) is 220 Å². The molecule has 29 nitrogen and oxygen atoms in total. The number of aliphatic hydroxyl groups is 3. The highest BCUT2D eigenvalue weighted by molar-refractivity contribution is 5.90. The third kappa shape index (κ3) is 31.5. The number of aliphatic hydroxyl groups excluding tert-OH is 3. The van der Waals surface area contributed by atoms with E-state index in [4.69, 9.17) is 28.4 Å². The molecule has 2 aliphatic heterocycles. The number of nitrogens with one attached hydrogen (secondary N) is 5. The van der Waals surface area contributed by atoms with E-state index in [1.807, 2.05) is 43.9 Å². The molecule has 0 bridgehead atoms. The fourth-order valence-electron chi connectivity index (χ4n) is 11.3. The Bertz CT molecular complexity index is 3090. The molecule has 1 aromatic heterocycles. The molecule has 3 aromatic rings. The number of aromatic nitrogens is 2. The van der Waals surface area contributed by atoms with Crippen LogP contribution in [-0.2, 0) is 79.9 Å². The quantitative estimate of drug-likeness (QED) is 0.0203. The lowest BCUT2D eigenvalue weighted by molar-refractivity contribution is -0.158. The second-order valence-electron chi connectivity index (χ2n) is 30.9. The number of carbonyl (C=O) groups is 8. The fraction of sp³-hybridized carbons (Fsp3) is 0.704. The summed E-state index contributed by atoms with van der Waals surface area (Å²) in [5.74, 6) is -3.67. The van der Waals surface area contributed by atoms with Crippen LogP contribution in [0.5, 0.6) is 0 Å². The van der Waals surface area contributed by atoms with Gasteiger partial charge in [-0.2, -0.15) is 0 Å². The van der Waals surface area contributed by atoms with Gasteiger partial charge in [-0.05, 0) is 172 Å². The SMILES string of the molecule is COC(=O)C[C@@H]1Nc2ccc([C@H](O)N(C)Cc3nc4ccccc4[nH]3)cc2CN(CCCN[C@@H](O)[C@H](CCC(=O)OC(C)(C)C)NC(=O)[C@H](CCC(=O)OC(C)(C)C)N[C@@H](O)CN2CCN(CC(=O)OC(C)(C)C)CCN(CC(=O)OC(C)(C)C)CCN(CC(=O)OC(C)(C)C)CC2)C1=O. The van der Waals surface area contributed by atoms with E-state index in [1.54, 1.807) is 139 Å². The van der Waals surface area contributed by atoms with Crippen molar-refractivity contribution in [2.75, 3.05) is 111 Å². The van der Waals surface area contributed by atoms with Crippen LogP contribution in [0.25, 0.3) is 11.0 Å². The molecule has 29 heteroatoms. The molecule has 2 aliphatic rings. The van der Waals surface area contributed by atoms with Crippen LogP contribution in [0.3, 0.4) is 0 Å². The Labute approximate surface area is 590 Å². The Morgan fingerprint density at radius 2 is 1.12 bits per heavy atom. The molecule has 5 rings (SSSR count). The number of carbonyl (C=O) groups excluding carboxylic acids is 8. The molecule has 0 aliphatic carbocycles. The third-order valence-corrected chi connectivity index (χ3v) is 15.8. The van der Waals surface area contributed by atoms with Crippen molar-refractivity contribution in [3.8, 4) is 0 Å². The van der Waals surface area contributed by atoms with Gasteiger partial charge in [0.25, 0.3) is 0 Å². The molecule has 0 saturated carbocycles. The number of imidazole rings is 1. The lowest BCUT2D eigenvalue weighted by Gasteiger charge is -2.35. The van der Waals surface area contributed by atoms with Gasteiger partial charge in [-0.15, -0.1) is 0 Å². The molecule has 0 radical (unpaired) electrons. The van der Waals surface area contributed by atoms with Gasteiger partial charge in [0.2, 0.25) is 11.8 Å². The van der Waals surface area contributed by atoms with Gasteiger partial charge in [0, 0.05) is 90.5 Å². The molecule has 6 atom stereocenters. The van der Waals surface area contributed by atoms with Gasteiger partial charge in [0.15, 0.2) is 0 Å². The average molecular weight is 1410 g/mol. The maximum absolute atomic E-state index is 14.9. The Balaban J connectivity index is 1.38. The summed E-state index contributed by atoms with van der Waals surface area (Å²) in [6.45, 7) is 28.8. The van der Waals surface area contributed by atoms with Crippen LogP contribution < -0.4 is 21.3 Å². The minimum absolute atomic E-state index is 0.0506. The van der Waals surface area contributed by atoms with Crippen LogP contribution in [0.15, 0.2) is 42.5 Å². The molecule has 2 amide bonds. The van der Waals surface area contributed by atoms with E-state index < -0.39 is 112 Å². The second-order valence-corrected chi connectivity index (χ2v) is 30.9. The third-order valence-electron chi connectivity index (χ3n) is 15.8. The number of esters is 6. The maximum atomic E-state index is 14.9. The molecule has 3 heterocycles. The predicted molar refractivity (Wildman–Crippen MR) is 375 cm³/mol. The first-order chi connectivity index (χ1) is 46.5. The normalized spacial score (nSPS) is 17.8. The molecule has 562 valence electrons. The largest absolute Gasteiger partial charge is 0.469 e. The van der Waals surface area contributed by atoms with Gasteiger partial charge in [-0.3, -0.25) is 73.5 Å². The average Bonchev–Trinajstić information content (AvgIpc) is 1.49. The number of nitrogens with zero attached hydrogens (tertiary/aromatic N) is 7. The summed E-state index contributed by atoms with van der Waals surface area (Å²) in [6.07, 6.45) is -4.92. The number of hydrogen-bond acceptors (Lipinski definition) is 26.